The molecule has 0 aliphatic rings. The van der Waals surface area contributed by atoms with Gasteiger partial charge in [0.1, 0.15) is 5.75 Å². The summed E-state index contributed by atoms with van der Waals surface area (Å²) in [6.45, 7) is 3.91. The number of ether oxygens (including phenoxy) is 1. The Labute approximate surface area is 181 Å². The lowest BCUT2D eigenvalue weighted by Gasteiger charge is -2.14. The second-order valence-electron chi connectivity index (χ2n) is 5.90. The molecule has 0 unspecified atom stereocenters. The van der Waals surface area contributed by atoms with Crippen molar-refractivity contribution in [3.63, 3.8) is 0 Å². The van der Waals surface area contributed by atoms with E-state index in [1.54, 1.807) is 26.3 Å². The normalized spacial score (nSPS) is 10.6. The van der Waals surface area contributed by atoms with E-state index in [0.29, 0.717) is 25.6 Å². The van der Waals surface area contributed by atoms with Crippen molar-refractivity contribution in [2.45, 2.75) is 13.5 Å². The van der Waals surface area contributed by atoms with Crippen molar-refractivity contribution in [3.8, 4) is 5.75 Å². The molecular weight excluding hydrogens is 473 g/mol. The van der Waals surface area contributed by atoms with E-state index in [0.717, 1.165) is 22.6 Å². The molecule has 0 saturated heterocycles. The quantitative estimate of drug-likeness (QED) is 0.129. The van der Waals surface area contributed by atoms with Crippen LogP contribution in [0.25, 0.3) is 0 Å². The molecule has 0 fully saturated rings. The monoisotopic (exact) mass is 499 g/mol. The summed E-state index contributed by atoms with van der Waals surface area (Å²) in [6.07, 6.45) is 0. The number of rotatable bonds is 8. The summed E-state index contributed by atoms with van der Waals surface area (Å²) in [5, 5.41) is 20.3. The molecule has 0 spiro atoms. The van der Waals surface area contributed by atoms with Gasteiger partial charge in [-0.3, -0.25) is 15.1 Å². The average molecular weight is 499 g/mol. The molecule has 8 nitrogen and oxygen atoms in total. The molecule has 28 heavy (non-hydrogen) atoms. The highest BCUT2D eigenvalue weighted by Gasteiger charge is 2.05. The van der Waals surface area contributed by atoms with Crippen molar-refractivity contribution in [3.05, 3.63) is 63.7 Å². The number of aliphatic imine (C=N–C) groups is 1. The minimum absolute atomic E-state index is 0. The van der Waals surface area contributed by atoms with Gasteiger partial charge in [0.15, 0.2) is 5.96 Å². The summed E-state index contributed by atoms with van der Waals surface area (Å²) < 4.78 is 5.41. The molecule has 2 aromatic rings. The number of anilines is 1. The summed E-state index contributed by atoms with van der Waals surface area (Å²) in [7, 11) is 3.38. The van der Waals surface area contributed by atoms with Crippen LogP contribution >= 0.6 is 24.0 Å². The molecule has 0 aliphatic carbocycles. The molecule has 0 bridgehead atoms. The summed E-state index contributed by atoms with van der Waals surface area (Å²) in [5.41, 5.74) is 3.11. The van der Waals surface area contributed by atoms with Gasteiger partial charge in [0.05, 0.1) is 12.0 Å². The molecule has 0 amide bonds. The molecule has 2 rings (SSSR count). The molecule has 0 aliphatic heterocycles. The number of hydrogen-bond acceptors (Lipinski definition) is 5. The third kappa shape index (κ3) is 7.22. The maximum atomic E-state index is 10.6. The molecule has 0 atom stereocenters. The number of nitro benzene ring substituents is 1. The topological polar surface area (TPSA) is 101 Å². The Morgan fingerprint density at radius 1 is 1.14 bits per heavy atom. The first-order chi connectivity index (χ1) is 13.0. The van der Waals surface area contributed by atoms with E-state index in [-0.39, 0.29) is 29.7 Å². The number of nitrogens with zero attached hydrogens (tertiary/aromatic N) is 2. The van der Waals surface area contributed by atoms with E-state index in [4.69, 9.17) is 4.74 Å². The molecule has 0 aromatic heterocycles. The number of non-ortho nitro benzene ring substituents is 1. The van der Waals surface area contributed by atoms with Gasteiger partial charge in [-0.15, -0.1) is 24.0 Å². The number of nitrogens with one attached hydrogen (secondary N) is 3. The second-order valence-corrected chi connectivity index (χ2v) is 5.90. The van der Waals surface area contributed by atoms with E-state index >= 15 is 0 Å². The van der Waals surface area contributed by atoms with Crippen LogP contribution in [-0.4, -0.2) is 38.1 Å². The number of nitro groups is 1. The first-order valence-electron chi connectivity index (χ1n) is 8.60. The van der Waals surface area contributed by atoms with Gasteiger partial charge in [-0.25, -0.2) is 0 Å². The third-order valence-corrected chi connectivity index (χ3v) is 3.94. The van der Waals surface area contributed by atoms with Crippen molar-refractivity contribution in [1.82, 2.24) is 10.6 Å². The van der Waals surface area contributed by atoms with Crippen LogP contribution in [0.1, 0.15) is 11.1 Å². The van der Waals surface area contributed by atoms with Gasteiger partial charge in [-0.05, 0) is 30.7 Å². The predicted octanol–water partition coefficient (Wildman–Crippen LogP) is 3.31. The zero-order chi connectivity index (χ0) is 19.6. The van der Waals surface area contributed by atoms with Gasteiger partial charge in [-0.1, -0.05) is 12.1 Å². The van der Waals surface area contributed by atoms with Crippen LogP contribution in [0.2, 0.25) is 0 Å². The number of guanidine groups is 1. The van der Waals surface area contributed by atoms with E-state index < -0.39 is 4.92 Å². The summed E-state index contributed by atoms with van der Waals surface area (Å²) in [5.74, 6) is 1.53. The Bertz CT molecular complexity index is 797. The highest BCUT2D eigenvalue weighted by molar-refractivity contribution is 14.0. The third-order valence-electron chi connectivity index (χ3n) is 3.94. The number of methoxy groups -OCH3 is 1. The SMILES string of the molecule is CN=C(NCCNc1ccc([N+](=O)[O-])cc1)NCc1ccc(C)cc1OC.I. The van der Waals surface area contributed by atoms with Crippen molar-refractivity contribution in [1.29, 1.82) is 0 Å². The second kappa shape index (κ2) is 12.0. The van der Waals surface area contributed by atoms with E-state index in [1.807, 2.05) is 25.1 Å². The van der Waals surface area contributed by atoms with Crippen LogP contribution in [0, 0.1) is 17.0 Å². The molecule has 9 heteroatoms. The number of benzene rings is 2. The number of halogens is 1. The van der Waals surface area contributed by atoms with Gasteiger partial charge in [-0.2, -0.15) is 0 Å². The molecule has 0 heterocycles. The number of aryl methyl sites for hydroxylation is 1. The van der Waals surface area contributed by atoms with Crippen LogP contribution in [0.4, 0.5) is 11.4 Å². The smallest absolute Gasteiger partial charge is 0.269 e. The van der Waals surface area contributed by atoms with Crippen LogP contribution in [0.5, 0.6) is 5.75 Å². The van der Waals surface area contributed by atoms with Crippen LogP contribution in [0.3, 0.4) is 0 Å². The molecule has 3 N–H and O–H groups in total. The molecule has 152 valence electrons. The lowest BCUT2D eigenvalue weighted by Crippen LogP contribution is -2.39. The van der Waals surface area contributed by atoms with Crippen molar-refractivity contribution in [2.75, 3.05) is 32.6 Å². The Balaban J connectivity index is 0.00000392. The van der Waals surface area contributed by atoms with E-state index in [2.05, 4.69) is 20.9 Å². The van der Waals surface area contributed by atoms with Gasteiger partial charge < -0.3 is 20.7 Å². The Morgan fingerprint density at radius 3 is 2.46 bits per heavy atom. The molecular formula is C19H26IN5O3. The van der Waals surface area contributed by atoms with Crippen LogP contribution < -0.4 is 20.7 Å². The standard InChI is InChI=1S/C19H25N5O3.HI/c1-14-4-5-15(18(12-14)27-3)13-23-19(20-2)22-11-10-21-16-6-8-17(9-7-16)24(25)26;/h4-9,12,21H,10-11,13H2,1-3H3,(H2,20,22,23);1H. The van der Waals surface area contributed by atoms with Gasteiger partial charge >= 0.3 is 0 Å². The predicted molar refractivity (Wildman–Crippen MR) is 123 cm³/mol. The first-order valence-corrected chi connectivity index (χ1v) is 8.60. The summed E-state index contributed by atoms with van der Waals surface area (Å²) in [4.78, 5) is 14.4. The Hall–Kier alpha value is -2.56. The van der Waals surface area contributed by atoms with E-state index in [9.17, 15) is 10.1 Å². The average Bonchev–Trinajstić information content (AvgIpc) is 2.68. The lowest BCUT2D eigenvalue weighted by molar-refractivity contribution is -0.384. The zero-order valence-corrected chi connectivity index (χ0v) is 18.5. The van der Waals surface area contributed by atoms with Crippen molar-refractivity contribution >= 4 is 41.3 Å². The van der Waals surface area contributed by atoms with Crippen molar-refractivity contribution < 1.29 is 9.66 Å². The van der Waals surface area contributed by atoms with Gasteiger partial charge in [0.2, 0.25) is 0 Å². The maximum absolute atomic E-state index is 10.6. The minimum Gasteiger partial charge on any atom is -0.496 e. The van der Waals surface area contributed by atoms with E-state index in [1.165, 1.54) is 12.1 Å². The molecule has 0 radical (unpaired) electrons. The molecule has 2 aromatic carbocycles. The van der Waals surface area contributed by atoms with Crippen LogP contribution in [-0.2, 0) is 6.54 Å². The lowest BCUT2D eigenvalue weighted by atomic mass is 10.1. The fourth-order valence-corrected chi connectivity index (χ4v) is 2.49. The van der Waals surface area contributed by atoms with Crippen LogP contribution in [0.15, 0.2) is 47.5 Å². The zero-order valence-electron chi connectivity index (χ0n) is 16.2. The highest BCUT2D eigenvalue weighted by atomic mass is 127. The summed E-state index contributed by atoms with van der Waals surface area (Å²) in [6, 6.07) is 12.4. The fourth-order valence-electron chi connectivity index (χ4n) is 2.49. The summed E-state index contributed by atoms with van der Waals surface area (Å²) >= 11 is 0. The highest BCUT2D eigenvalue weighted by Crippen LogP contribution is 2.19. The molecule has 0 saturated carbocycles. The number of hydrogen-bond donors (Lipinski definition) is 3. The fraction of sp³-hybridized carbons (Fsp3) is 0.316. The van der Waals surface area contributed by atoms with Gasteiger partial charge in [0.25, 0.3) is 5.69 Å². The Morgan fingerprint density at radius 2 is 1.86 bits per heavy atom. The first kappa shape index (κ1) is 23.5. The maximum Gasteiger partial charge on any atom is 0.269 e. The van der Waals surface area contributed by atoms with Gasteiger partial charge in [0, 0.05) is 50.1 Å². The Kier molecular flexibility index (Phi) is 10.1. The van der Waals surface area contributed by atoms with Crippen molar-refractivity contribution in [2.24, 2.45) is 4.99 Å². The minimum atomic E-state index is -0.413. The largest absolute Gasteiger partial charge is 0.496 e.